The number of hydrogen-bond acceptors (Lipinski definition) is 5. The number of benzene rings is 1. The predicted octanol–water partition coefficient (Wildman–Crippen LogP) is 2.11. The first kappa shape index (κ1) is 15.7. The SMILES string of the molecule is CC(=O)NCCCN(C)c1ccc([N+](=O)[O-])c2cccnc12. The van der Waals surface area contributed by atoms with Crippen LogP contribution in [-0.2, 0) is 4.79 Å². The number of aromatic nitrogens is 1. The molecule has 1 amide bonds. The number of amides is 1. The molecule has 1 aromatic carbocycles. The van der Waals surface area contributed by atoms with Gasteiger partial charge in [0.2, 0.25) is 5.91 Å². The number of nitrogens with one attached hydrogen (secondary N) is 1. The van der Waals surface area contributed by atoms with Gasteiger partial charge in [-0.05, 0) is 24.6 Å². The van der Waals surface area contributed by atoms with Crippen LogP contribution in [0.4, 0.5) is 11.4 Å². The lowest BCUT2D eigenvalue weighted by Crippen LogP contribution is -2.26. The van der Waals surface area contributed by atoms with Crippen LogP contribution in [0.3, 0.4) is 0 Å². The van der Waals surface area contributed by atoms with Crippen LogP contribution in [0.25, 0.3) is 10.9 Å². The van der Waals surface area contributed by atoms with Crippen LogP contribution in [0.2, 0.25) is 0 Å². The zero-order valence-corrected chi connectivity index (χ0v) is 12.6. The van der Waals surface area contributed by atoms with Gasteiger partial charge in [-0.1, -0.05) is 0 Å². The molecule has 2 aromatic rings. The van der Waals surface area contributed by atoms with Crippen LogP contribution < -0.4 is 10.2 Å². The normalized spacial score (nSPS) is 10.5. The van der Waals surface area contributed by atoms with Crippen molar-refractivity contribution in [2.45, 2.75) is 13.3 Å². The van der Waals surface area contributed by atoms with Crippen LogP contribution in [0.5, 0.6) is 0 Å². The Bertz CT molecular complexity index is 702. The molecule has 1 N–H and O–H groups in total. The number of pyridine rings is 1. The molecular formula is C15H18N4O3. The number of non-ortho nitro benzene ring substituents is 1. The van der Waals surface area contributed by atoms with E-state index in [9.17, 15) is 14.9 Å². The summed E-state index contributed by atoms with van der Waals surface area (Å²) in [5, 5.41) is 14.4. The summed E-state index contributed by atoms with van der Waals surface area (Å²) >= 11 is 0. The first-order valence-corrected chi connectivity index (χ1v) is 6.98. The van der Waals surface area contributed by atoms with Gasteiger partial charge in [-0.15, -0.1) is 0 Å². The lowest BCUT2D eigenvalue weighted by Gasteiger charge is -2.20. The van der Waals surface area contributed by atoms with Gasteiger partial charge in [-0.3, -0.25) is 19.9 Å². The van der Waals surface area contributed by atoms with E-state index in [1.165, 1.54) is 13.0 Å². The van der Waals surface area contributed by atoms with Crippen molar-refractivity contribution in [1.82, 2.24) is 10.3 Å². The molecule has 0 bridgehead atoms. The number of nitro groups is 1. The second-order valence-electron chi connectivity index (χ2n) is 5.02. The van der Waals surface area contributed by atoms with Crippen molar-refractivity contribution in [3.05, 3.63) is 40.6 Å². The van der Waals surface area contributed by atoms with Crippen molar-refractivity contribution in [2.24, 2.45) is 0 Å². The minimum Gasteiger partial charge on any atom is -0.373 e. The van der Waals surface area contributed by atoms with E-state index in [0.717, 1.165) is 12.1 Å². The largest absolute Gasteiger partial charge is 0.373 e. The third-order valence-electron chi connectivity index (χ3n) is 3.38. The quantitative estimate of drug-likeness (QED) is 0.501. The molecule has 0 fully saturated rings. The van der Waals surface area contributed by atoms with Crippen molar-refractivity contribution >= 4 is 28.2 Å². The predicted molar refractivity (Wildman–Crippen MR) is 85.0 cm³/mol. The molecule has 7 nitrogen and oxygen atoms in total. The average molecular weight is 302 g/mol. The van der Waals surface area contributed by atoms with E-state index in [1.54, 1.807) is 24.4 Å². The maximum absolute atomic E-state index is 11.1. The summed E-state index contributed by atoms with van der Waals surface area (Å²) in [6.07, 6.45) is 2.40. The number of carbonyl (C=O) groups is 1. The molecule has 0 radical (unpaired) electrons. The number of anilines is 1. The molecule has 7 heteroatoms. The molecular weight excluding hydrogens is 284 g/mol. The van der Waals surface area contributed by atoms with Crippen molar-refractivity contribution < 1.29 is 9.72 Å². The minimum absolute atomic E-state index is 0.0508. The summed E-state index contributed by atoms with van der Waals surface area (Å²) in [5.74, 6) is -0.0508. The summed E-state index contributed by atoms with van der Waals surface area (Å²) in [4.78, 5) is 27.8. The Kier molecular flexibility index (Phi) is 4.88. The fourth-order valence-electron chi connectivity index (χ4n) is 2.31. The summed E-state index contributed by atoms with van der Waals surface area (Å²) < 4.78 is 0. The Morgan fingerprint density at radius 1 is 1.41 bits per heavy atom. The maximum Gasteiger partial charge on any atom is 0.278 e. The summed E-state index contributed by atoms with van der Waals surface area (Å²) in [6, 6.07) is 6.61. The van der Waals surface area contributed by atoms with Gasteiger partial charge in [0.15, 0.2) is 0 Å². The van der Waals surface area contributed by atoms with Crippen LogP contribution in [0, 0.1) is 10.1 Å². The first-order chi connectivity index (χ1) is 10.5. The third-order valence-corrected chi connectivity index (χ3v) is 3.38. The van der Waals surface area contributed by atoms with E-state index >= 15 is 0 Å². The van der Waals surface area contributed by atoms with Gasteiger partial charge >= 0.3 is 0 Å². The second kappa shape index (κ2) is 6.84. The van der Waals surface area contributed by atoms with E-state index in [-0.39, 0.29) is 11.6 Å². The highest BCUT2D eigenvalue weighted by Gasteiger charge is 2.16. The third kappa shape index (κ3) is 3.49. The van der Waals surface area contributed by atoms with Crippen LogP contribution in [-0.4, -0.2) is 36.0 Å². The van der Waals surface area contributed by atoms with Crippen molar-refractivity contribution in [3.8, 4) is 0 Å². The molecule has 0 saturated heterocycles. The molecule has 0 aliphatic rings. The van der Waals surface area contributed by atoms with E-state index < -0.39 is 4.92 Å². The topological polar surface area (TPSA) is 88.4 Å². The molecule has 0 aliphatic heterocycles. The fraction of sp³-hybridized carbons (Fsp3) is 0.333. The molecule has 1 heterocycles. The summed E-state index contributed by atoms with van der Waals surface area (Å²) in [7, 11) is 1.91. The molecule has 0 aliphatic carbocycles. The van der Waals surface area contributed by atoms with Gasteiger partial charge in [0, 0.05) is 39.3 Å². The first-order valence-electron chi connectivity index (χ1n) is 6.98. The second-order valence-corrected chi connectivity index (χ2v) is 5.02. The molecule has 116 valence electrons. The maximum atomic E-state index is 11.1. The van der Waals surface area contributed by atoms with Gasteiger partial charge < -0.3 is 10.2 Å². The van der Waals surface area contributed by atoms with Crippen LogP contribution in [0.1, 0.15) is 13.3 Å². The number of nitro benzene ring substituents is 1. The average Bonchev–Trinajstić information content (AvgIpc) is 2.49. The monoisotopic (exact) mass is 302 g/mol. The Morgan fingerprint density at radius 3 is 2.86 bits per heavy atom. The Hall–Kier alpha value is -2.70. The lowest BCUT2D eigenvalue weighted by atomic mass is 10.1. The van der Waals surface area contributed by atoms with Crippen molar-refractivity contribution in [3.63, 3.8) is 0 Å². The van der Waals surface area contributed by atoms with Gasteiger partial charge in [0.1, 0.15) is 5.52 Å². The molecule has 1 aromatic heterocycles. The highest BCUT2D eigenvalue weighted by Crippen LogP contribution is 2.31. The van der Waals surface area contributed by atoms with Crippen molar-refractivity contribution in [1.29, 1.82) is 0 Å². The van der Waals surface area contributed by atoms with E-state index in [0.29, 0.717) is 24.0 Å². The minimum atomic E-state index is -0.398. The van der Waals surface area contributed by atoms with Crippen molar-refractivity contribution in [2.75, 3.05) is 25.0 Å². The van der Waals surface area contributed by atoms with Gasteiger partial charge in [0.25, 0.3) is 5.69 Å². The smallest absolute Gasteiger partial charge is 0.278 e. The zero-order chi connectivity index (χ0) is 16.1. The number of fused-ring (bicyclic) bond motifs is 1. The summed E-state index contributed by atoms with van der Waals surface area (Å²) in [6.45, 7) is 2.79. The van der Waals surface area contributed by atoms with E-state index in [2.05, 4.69) is 10.3 Å². The molecule has 0 saturated carbocycles. The van der Waals surface area contributed by atoms with E-state index in [4.69, 9.17) is 0 Å². The molecule has 22 heavy (non-hydrogen) atoms. The number of nitrogens with zero attached hydrogens (tertiary/aromatic N) is 3. The molecule has 2 rings (SSSR count). The number of hydrogen-bond donors (Lipinski definition) is 1. The Labute approximate surface area is 128 Å². The number of carbonyl (C=O) groups excluding carboxylic acids is 1. The van der Waals surface area contributed by atoms with E-state index in [1.807, 2.05) is 11.9 Å². The van der Waals surface area contributed by atoms with Crippen LogP contribution in [0.15, 0.2) is 30.5 Å². The van der Waals surface area contributed by atoms with Gasteiger partial charge in [0.05, 0.1) is 16.0 Å². The zero-order valence-electron chi connectivity index (χ0n) is 12.6. The highest BCUT2D eigenvalue weighted by atomic mass is 16.6. The summed E-state index contributed by atoms with van der Waals surface area (Å²) in [5.41, 5.74) is 1.50. The fourth-order valence-corrected chi connectivity index (χ4v) is 2.31. The highest BCUT2D eigenvalue weighted by molar-refractivity contribution is 5.96. The number of rotatable bonds is 6. The Morgan fingerprint density at radius 2 is 2.18 bits per heavy atom. The molecule has 0 unspecified atom stereocenters. The standard InChI is InChI=1S/C15H18N4O3/c1-11(20)16-9-4-10-18(2)14-7-6-13(19(21)22)12-5-3-8-17-15(12)14/h3,5-8H,4,9-10H2,1-2H3,(H,16,20). The van der Waals surface area contributed by atoms with Crippen LogP contribution >= 0.6 is 0 Å². The van der Waals surface area contributed by atoms with Gasteiger partial charge in [-0.25, -0.2) is 0 Å². The molecule has 0 atom stereocenters. The van der Waals surface area contributed by atoms with Gasteiger partial charge in [-0.2, -0.15) is 0 Å². The molecule has 0 spiro atoms. The Balaban J connectivity index is 2.22. The lowest BCUT2D eigenvalue weighted by molar-refractivity contribution is -0.383.